The minimum absolute atomic E-state index is 0.0824. The van der Waals surface area contributed by atoms with E-state index in [9.17, 15) is 9.59 Å². The van der Waals surface area contributed by atoms with E-state index in [-0.39, 0.29) is 18.9 Å². The second-order valence-corrected chi connectivity index (χ2v) is 6.66. The van der Waals surface area contributed by atoms with Crippen molar-refractivity contribution < 1.29 is 19.1 Å². The molecule has 1 heterocycles. The number of carbonyl (C=O) groups is 2. The highest BCUT2D eigenvalue weighted by Gasteiger charge is 2.47. The van der Waals surface area contributed by atoms with E-state index in [4.69, 9.17) is 9.47 Å². The second kappa shape index (κ2) is 12.7. The van der Waals surface area contributed by atoms with Crippen LogP contribution in [0, 0.1) is 0 Å². The molecular weight excluding hydrogens is 292 g/mol. The van der Waals surface area contributed by atoms with Crippen LogP contribution in [0.4, 0.5) is 0 Å². The number of unbranched alkanes of at least 4 members (excludes halogenated alkanes) is 9. The van der Waals surface area contributed by atoms with Crippen molar-refractivity contribution in [3.63, 3.8) is 0 Å². The molecule has 4 heteroatoms. The van der Waals surface area contributed by atoms with Crippen LogP contribution in [0.1, 0.15) is 84.0 Å². The third kappa shape index (κ3) is 8.61. The van der Waals surface area contributed by atoms with E-state index in [2.05, 4.69) is 6.92 Å². The van der Waals surface area contributed by atoms with Gasteiger partial charge in [-0.05, 0) is 6.42 Å². The van der Waals surface area contributed by atoms with Crippen LogP contribution in [0.3, 0.4) is 0 Å². The summed E-state index contributed by atoms with van der Waals surface area (Å²) >= 11 is 0. The molecular formula is C19H34O4. The maximum atomic E-state index is 10.9. The number of hydrogen-bond donors (Lipinski definition) is 0. The molecule has 1 saturated heterocycles. The van der Waals surface area contributed by atoms with Crippen molar-refractivity contribution in [2.75, 3.05) is 13.2 Å². The Bertz CT molecular complexity index is 302. The maximum Gasteiger partial charge on any atom is 0.122 e. The summed E-state index contributed by atoms with van der Waals surface area (Å²) in [6, 6.07) is 0. The smallest absolute Gasteiger partial charge is 0.122 e. The topological polar surface area (TPSA) is 55.9 Å². The van der Waals surface area contributed by atoms with Gasteiger partial charge in [0.1, 0.15) is 24.3 Å². The summed E-state index contributed by atoms with van der Waals surface area (Å²) in [6.45, 7) is 3.45. The van der Waals surface area contributed by atoms with Gasteiger partial charge in [-0.25, -0.2) is 0 Å². The van der Waals surface area contributed by atoms with Crippen LogP contribution in [0.5, 0.6) is 0 Å². The average molecular weight is 326 g/mol. The fraction of sp³-hybridized carbons (Fsp3) is 0.895. The molecule has 0 aromatic rings. The van der Waals surface area contributed by atoms with Crippen LogP contribution in [0.25, 0.3) is 0 Å². The van der Waals surface area contributed by atoms with Crippen LogP contribution in [-0.4, -0.2) is 37.5 Å². The zero-order chi connectivity index (χ0) is 16.8. The lowest BCUT2D eigenvalue weighted by Crippen LogP contribution is -2.40. The lowest BCUT2D eigenvalue weighted by Gasteiger charge is -2.29. The number of carbonyl (C=O) groups excluding carboxylic acids is 2. The predicted octanol–water partition coefficient (Wildman–Crippen LogP) is 4.24. The molecule has 0 N–H and O–H groups in total. The van der Waals surface area contributed by atoms with Gasteiger partial charge in [0.05, 0.1) is 6.61 Å². The largest absolute Gasteiger partial charge is 0.371 e. The fourth-order valence-corrected chi connectivity index (χ4v) is 3.06. The Morgan fingerprint density at radius 2 is 1.39 bits per heavy atom. The first-order valence-corrected chi connectivity index (χ1v) is 9.42. The molecule has 1 atom stereocenters. The molecule has 0 aromatic heterocycles. The van der Waals surface area contributed by atoms with E-state index in [1.807, 2.05) is 0 Å². The van der Waals surface area contributed by atoms with Crippen molar-refractivity contribution >= 4 is 12.6 Å². The lowest BCUT2D eigenvalue weighted by atomic mass is 9.92. The van der Waals surface area contributed by atoms with Gasteiger partial charge >= 0.3 is 0 Å². The molecule has 1 rings (SSSR count). The summed E-state index contributed by atoms with van der Waals surface area (Å²) < 4.78 is 11.2. The highest BCUT2D eigenvalue weighted by atomic mass is 16.6. The number of rotatable bonds is 17. The Labute approximate surface area is 141 Å². The Hall–Kier alpha value is -0.740. The maximum absolute atomic E-state index is 10.9. The zero-order valence-corrected chi connectivity index (χ0v) is 14.8. The molecule has 1 aliphatic heterocycles. The van der Waals surface area contributed by atoms with Gasteiger partial charge in [-0.1, -0.05) is 64.7 Å². The number of ether oxygens (including phenoxy) is 2. The Kier molecular flexibility index (Phi) is 11.2. The second-order valence-electron chi connectivity index (χ2n) is 6.66. The van der Waals surface area contributed by atoms with Crippen molar-refractivity contribution in [3.05, 3.63) is 0 Å². The van der Waals surface area contributed by atoms with Gasteiger partial charge in [0.15, 0.2) is 0 Å². The molecule has 1 aliphatic rings. The molecule has 0 bridgehead atoms. The molecule has 1 unspecified atom stereocenters. The lowest BCUT2D eigenvalue weighted by molar-refractivity contribution is -0.126. The van der Waals surface area contributed by atoms with Gasteiger partial charge in [-0.15, -0.1) is 0 Å². The van der Waals surface area contributed by atoms with Gasteiger partial charge < -0.3 is 19.1 Å². The molecule has 0 spiro atoms. The van der Waals surface area contributed by atoms with E-state index in [0.717, 1.165) is 25.4 Å². The van der Waals surface area contributed by atoms with Gasteiger partial charge in [-0.3, -0.25) is 0 Å². The third-order valence-electron chi connectivity index (χ3n) is 4.67. The van der Waals surface area contributed by atoms with Crippen molar-refractivity contribution in [2.45, 2.75) is 95.7 Å². The highest BCUT2D eigenvalue weighted by molar-refractivity contribution is 5.57. The summed E-state index contributed by atoms with van der Waals surface area (Å²) in [4.78, 5) is 21.8. The monoisotopic (exact) mass is 326 g/mol. The zero-order valence-electron chi connectivity index (χ0n) is 14.8. The Morgan fingerprint density at radius 3 is 1.83 bits per heavy atom. The number of hydrogen-bond acceptors (Lipinski definition) is 4. The number of aldehydes is 2. The first kappa shape index (κ1) is 20.3. The van der Waals surface area contributed by atoms with Gasteiger partial charge in [0.25, 0.3) is 0 Å². The summed E-state index contributed by atoms with van der Waals surface area (Å²) in [5.41, 5.74) is -0.706. The van der Waals surface area contributed by atoms with E-state index < -0.39 is 5.60 Å². The molecule has 4 nitrogen and oxygen atoms in total. The molecule has 134 valence electrons. The van der Waals surface area contributed by atoms with Crippen LogP contribution < -0.4 is 0 Å². The Morgan fingerprint density at radius 1 is 0.913 bits per heavy atom. The summed E-state index contributed by atoms with van der Waals surface area (Å²) in [6.07, 6.45) is 14.9. The van der Waals surface area contributed by atoms with Crippen LogP contribution in [-0.2, 0) is 19.1 Å². The van der Waals surface area contributed by atoms with Gasteiger partial charge in [-0.2, -0.15) is 0 Å². The van der Waals surface area contributed by atoms with Crippen LogP contribution in [0.15, 0.2) is 0 Å². The molecule has 0 aromatic carbocycles. The van der Waals surface area contributed by atoms with Gasteiger partial charge in [0.2, 0.25) is 0 Å². The van der Waals surface area contributed by atoms with E-state index in [0.29, 0.717) is 13.2 Å². The quantitative estimate of drug-likeness (QED) is 0.228. The molecule has 0 aliphatic carbocycles. The first-order chi connectivity index (χ1) is 11.3. The molecule has 0 radical (unpaired) electrons. The van der Waals surface area contributed by atoms with Crippen molar-refractivity contribution in [1.29, 1.82) is 0 Å². The fourth-order valence-electron chi connectivity index (χ4n) is 3.06. The number of epoxide rings is 1. The minimum atomic E-state index is -0.706. The van der Waals surface area contributed by atoms with Crippen LogP contribution in [0.2, 0.25) is 0 Å². The van der Waals surface area contributed by atoms with E-state index in [1.54, 1.807) is 0 Å². The first-order valence-electron chi connectivity index (χ1n) is 9.42. The van der Waals surface area contributed by atoms with Gasteiger partial charge in [0, 0.05) is 19.4 Å². The normalized spacial score (nSPS) is 17.2. The molecule has 0 amide bonds. The summed E-state index contributed by atoms with van der Waals surface area (Å²) in [5, 5.41) is 0. The third-order valence-corrected chi connectivity index (χ3v) is 4.67. The van der Waals surface area contributed by atoms with Crippen molar-refractivity contribution in [2.24, 2.45) is 0 Å². The summed E-state index contributed by atoms with van der Waals surface area (Å²) in [7, 11) is 0. The predicted molar refractivity (Wildman–Crippen MR) is 91.6 cm³/mol. The highest BCUT2D eigenvalue weighted by Crippen LogP contribution is 2.33. The van der Waals surface area contributed by atoms with Crippen LogP contribution >= 0.6 is 0 Å². The molecule has 0 saturated carbocycles. The van der Waals surface area contributed by atoms with Crippen molar-refractivity contribution in [3.8, 4) is 0 Å². The molecule has 1 fully saturated rings. The summed E-state index contributed by atoms with van der Waals surface area (Å²) in [5.74, 6) is 0. The van der Waals surface area contributed by atoms with E-state index in [1.165, 1.54) is 51.4 Å². The average Bonchev–Trinajstić information content (AvgIpc) is 3.38. The van der Waals surface area contributed by atoms with Crippen molar-refractivity contribution in [1.82, 2.24) is 0 Å². The Balaban J connectivity index is 2.03. The van der Waals surface area contributed by atoms with E-state index >= 15 is 0 Å². The SMILES string of the molecule is CCCCCCCCCCCCOC(CC=O)(CC=O)C1CO1. The standard InChI is InChI=1S/C19H34O4/c1-2-3-4-5-6-7-8-9-10-11-16-23-19(12-14-20,13-15-21)18-17-22-18/h14-15,18H,2-13,16-17H2,1H3. The molecule has 23 heavy (non-hydrogen) atoms. The minimum Gasteiger partial charge on any atom is -0.371 e.